The maximum Gasteiger partial charge on any atom is 0.253 e. The standard InChI is InChI=1S/C16H13N5O/c1-22-15-11-20(19-17-15)16-13-9-5-6-10-14(13)21(18-16)12-7-3-2-4-8-12/h2-11H,1H3. The number of para-hydroxylation sites is 2. The van der Waals surface area contributed by atoms with Gasteiger partial charge in [0, 0.05) is 5.39 Å². The van der Waals surface area contributed by atoms with Crippen LogP contribution in [0.15, 0.2) is 60.8 Å². The van der Waals surface area contributed by atoms with Crippen molar-refractivity contribution in [3.8, 4) is 17.4 Å². The second-order valence-corrected chi connectivity index (χ2v) is 4.79. The molecule has 2 aromatic heterocycles. The zero-order valence-corrected chi connectivity index (χ0v) is 11.9. The summed E-state index contributed by atoms with van der Waals surface area (Å²) in [6.07, 6.45) is 1.71. The Hall–Kier alpha value is -3.15. The van der Waals surface area contributed by atoms with E-state index in [9.17, 15) is 0 Å². The molecule has 4 aromatic rings. The molecular formula is C16H13N5O. The highest BCUT2D eigenvalue weighted by Gasteiger charge is 2.14. The van der Waals surface area contributed by atoms with E-state index in [2.05, 4.69) is 10.3 Å². The van der Waals surface area contributed by atoms with Gasteiger partial charge >= 0.3 is 0 Å². The highest BCUT2D eigenvalue weighted by atomic mass is 16.5. The smallest absolute Gasteiger partial charge is 0.253 e. The molecule has 0 bridgehead atoms. The van der Waals surface area contributed by atoms with E-state index in [0.717, 1.165) is 22.4 Å². The molecule has 0 aliphatic rings. The molecular weight excluding hydrogens is 278 g/mol. The van der Waals surface area contributed by atoms with Crippen LogP contribution in [-0.4, -0.2) is 31.9 Å². The molecule has 0 radical (unpaired) electrons. The lowest BCUT2D eigenvalue weighted by molar-refractivity contribution is 0.397. The SMILES string of the molecule is COc1cn(-c2nn(-c3ccccc3)c3ccccc23)nn1. The Balaban J connectivity index is 1.97. The van der Waals surface area contributed by atoms with Crippen LogP contribution in [0, 0.1) is 0 Å². The van der Waals surface area contributed by atoms with Crippen molar-refractivity contribution < 1.29 is 4.74 Å². The summed E-state index contributed by atoms with van der Waals surface area (Å²) in [6.45, 7) is 0. The van der Waals surface area contributed by atoms with Crippen molar-refractivity contribution >= 4 is 10.9 Å². The maximum atomic E-state index is 5.09. The number of ether oxygens (including phenoxy) is 1. The highest BCUT2D eigenvalue weighted by Crippen LogP contribution is 2.24. The first kappa shape index (κ1) is 12.6. The second-order valence-electron chi connectivity index (χ2n) is 4.79. The molecule has 0 amide bonds. The normalized spacial score (nSPS) is 11.0. The summed E-state index contributed by atoms with van der Waals surface area (Å²) in [6, 6.07) is 18.0. The molecule has 4 rings (SSSR count). The molecule has 0 N–H and O–H groups in total. The summed E-state index contributed by atoms with van der Waals surface area (Å²) in [4.78, 5) is 0. The van der Waals surface area contributed by atoms with E-state index in [1.165, 1.54) is 0 Å². The molecule has 0 fully saturated rings. The van der Waals surface area contributed by atoms with Gasteiger partial charge in [-0.1, -0.05) is 40.6 Å². The summed E-state index contributed by atoms with van der Waals surface area (Å²) in [5.41, 5.74) is 2.01. The van der Waals surface area contributed by atoms with Gasteiger partial charge < -0.3 is 4.74 Å². The van der Waals surface area contributed by atoms with E-state index < -0.39 is 0 Å². The van der Waals surface area contributed by atoms with Crippen molar-refractivity contribution in [2.45, 2.75) is 0 Å². The van der Waals surface area contributed by atoms with E-state index in [0.29, 0.717) is 5.88 Å². The Labute approximate surface area is 126 Å². The monoisotopic (exact) mass is 291 g/mol. The van der Waals surface area contributed by atoms with Crippen LogP contribution in [0.5, 0.6) is 5.88 Å². The average molecular weight is 291 g/mol. The zero-order chi connectivity index (χ0) is 14.9. The summed E-state index contributed by atoms with van der Waals surface area (Å²) in [5.74, 6) is 1.17. The number of nitrogens with zero attached hydrogens (tertiary/aromatic N) is 5. The van der Waals surface area contributed by atoms with E-state index in [-0.39, 0.29) is 0 Å². The van der Waals surface area contributed by atoms with Gasteiger partial charge in [0.05, 0.1) is 24.5 Å². The summed E-state index contributed by atoms with van der Waals surface area (Å²) >= 11 is 0. The van der Waals surface area contributed by atoms with Gasteiger partial charge in [0.25, 0.3) is 5.88 Å². The molecule has 0 aliphatic heterocycles. The van der Waals surface area contributed by atoms with E-state index in [4.69, 9.17) is 9.84 Å². The first-order chi connectivity index (χ1) is 10.9. The molecule has 0 spiro atoms. The van der Waals surface area contributed by atoms with Gasteiger partial charge in [-0.05, 0) is 24.3 Å². The topological polar surface area (TPSA) is 57.8 Å². The number of aromatic nitrogens is 5. The van der Waals surface area contributed by atoms with Crippen molar-refractivity contribution in [1.29, 1.82) is 0 Å². The quantitative estimate of drug-likeness (QED) is 0.582. The lowest BCUT2D eigenvalue weighted by Crippen LogP contribution is -2.00. The van der Waals surface area contributed by atoms with Crippen molar-refractivity contribution in [3.63, 3.8) is 0 Å². The minimum absolute atomic E-state index is 0.457. The first-order valence-electron chi connectivity index (χ1n) is 6.87. The molecule has 22 heavy (non-hydrogen) atoms. The van der Waals surface area contributed by atoms with Crippen molar-refractivity contribution in [2.24, 2.45) is 0 Å². The maximum absolute atomic E-state index is 5.09. The Morgan fingerprint density at radius 2 is 1.73 bits per heavy atom. The van der Waals surface area contributed by atoms with Crippen molar-refractivity contribution in [2.75, 3.05) is 7.11 Å². The zero-order valence-electron chi connectivity index (χ0n) is 11.9. The molecule has 0 unspecified atom stereocenters. The van der Waals surface area contributed by atoms with Gasteiger partial charge in [-0.3, -0.25) is 0 Å². The van der Waals surface area contributed by atoms with Gasteiger partial charge in [0.15, 0.2) is 5.82 Å². The molecule has 108 valence electrons. The molecule has 6 heteroatoms. The lowest BCUT2D eigenvalue weighted by Gasteiger charge is -2.01. The number of hydrogen-bond donors (Lipinski definition) is 0. The van der Waals surface area contributed by atoms with Crippen LogP contribution in [0.2, 0.25) is 0 Å². The van der Waals surface area contributed by atoms with Crippen LogP contribution in [0.4, 0.5) is 0 Å². The molecule has 0 saturated carbocycles. The van der Waals surface area contributed by atoms with Crippen LogP contribution in [0.25, 0.3) is 22.4 Å². The fraction of sp³-hybridized carbons (Fsp3) is 0.0625. The fourth-order valence-corrected chi connectivity index (χ4v) is 2.43. The van der Waals surface area contributed by atoms with E-state index in [1.807, 2.05) is 59.3 Å². The van der Waals surface area contributed by atoms with Gasteiger partial charge in [-0.15, -0.1) is 5.10 Å². The van der Waals surface area contributed by atoms with Gasteiger partial charge in [0.2, 0.25) is 0 Å². The van der Waals surface area contributed by atoms with Crippen molar-refractivity contribution in [3.05, 3.63) is 60.8 Å². The number of hydrogen-bond acceptors (Lipinski definition) is 4. The van der Waals surface area contributed by atoms with Crippen LogP contribution in [0.1, 0.15) is 0 Å². The highest BCUT2D eigenvalue weighted by molar-refractivity contribution is 5.87. The van der Waals surface area contributed by atoms with Crippen LogP contribution < -0.4 is 4.74 Å². The Bertz CT molecular complexity index is 926. The summed E-state index contributed by atoms with van der Waals surface area (Å²) in [7, 11) is 1.56. The average Bonchev–Trinajstić information content (AvgIpc) is 3.20. The largest absolute Gasteiger partial charge is 0.479 e. The predicted molar refractivity (Wildman–Crippen MR) is 82.5 cm³/mol. The lowest BCUT2D eigenvalue weighted by atomic mass is 10.2. The van der Waals surface area contributed by atoms with E-state index in [1.54, 1.807) is 18.0 Å². The number of methoxy groups -OCH3 is 1. The van der Waals surface area contributed by atoms with Gasteiger partial charge in [-0.25, -0.2) is 4.68 Å². The van der Waals surface area contributed by atoms with Crippen LogP contribution >= 0.6 is 0 Å². The number of benzene rings is 2. The Morgan fingerprint density at radius 1 is 0.955 bits per heavy atom. The number of fused-ring (bicyclic) bond motifs is 1. The first-order valence-corrected chi connectivity index (χ1v) is 6.87. The summed E-state index contributed by atoms with van der Waals surface area (Å²) < 4.78 is 8.62. The molecule has 0 atom stereocenters. The Kier molecular flexibility index (Phi) is 2.86. The third kappa shape index (κ3) is 1.93. The minimum Gasteiger partial charge on any atom is -0.479 e. The molecule has 2 aromatic carbocycles. The Morgan fingerprint density at radius 3 is 2.50 bits per heavy atom. The second kappa shape index (κ2) is 5.00. The van der Waals surface area contributed by atoms with Gasteiger partial charge in [-0.2, -0.15) is 4.68 Å². The molecule has 2 heterocycles. The molecule has 0 saturated heterocycles. The third-order valence-electron chi connectivity index (χ3n) is 3.47. The van der Waals surface area contributed by atoms with Crippen molar-refractivity contribution in [1.82, 2.24) is 24.8 Å². The third-order valence-corrected chi connectivity index (χ3v) is 3.47. The van der Waals surface area contributed by atoms with Crippen LogP contribution in [0.3, 0.4) is 0 Å². The number of rotatable bonds is 3. The molecule has 0 aliphatic carbocycles. The van der Waals surface area contributed by atoms with Crippen LogP contribution in [-0.2, 0) is 0 Å². The molecule has 6 nitrogen and oxygen atoms in total. The van der Waals surface area contributed by atoms with Gasteiger partial charge in [0.1, 0.15) is 0 Å². The summed E-state index contributed by atoms with van der Waals surface area (Å²) in [5, 5.41) is 13.7. The van der Waals surface area contributed by atoms with E-state index >= 15 is 0 Å². The predicted octanol–water partition coefficient (Wildman–Crippen LogP) is 2.61. The fourth-order valence-electron chi connectivity index (χ4n) is 2.43. The minimum atomic E-state index is 0.457.